The maximum absolute atomic E-state index is 12.6. The molecule has 1 aliphatic rings. The largest absolute Gasteiger partial charge is 0.366 e. The van der Waals surface area contributed by atoms with Gasteiger partial charge in [-0.3, -0.25) is 4.79 Å². The maximum atomic E-state index is 12.6. The Hall–Kier alpha value is -2.18. The molecule has 2 aromatic rings. The predicted molar refractivity (Wildman–Crippen MR) is 96.6 cm³/mol. The van der Waals surface area contributed by atoms with Crippen molar-refractivity contribution in [1.82, 2.24) is 4.31 Å². The quantitative estimate of drug-likeness (QED) is 0.891. The highest BCUT2D eigenvalue weighted by Crippen LogP contribution is 2.26. The summed E-state index contributed by atoms with van der Waals surface area (Å²) >= 11 is 0. The van der Waals surface area contributed by atoms with Gasteiger partial charge in [-0.15, -0.1) is 0 Å². The van der Waals surface area contributed by atoms with E-state index in [1.54, 1.807) is 40.7 Å². The number of amides is 1. The van der Waals surface area contributed by atoms with Crippen molar-refractivity contribution in [3.8, 4) is 0 Å². The zero-order valence-electron chi connectivity index (χ0n) is 14.0. The van der Waals surface area contributed by atoms with E-state index in [0.29, 0.717) is 29.5 Å². The third-order valence-electron chi connectivity index (χ3n) is 4.72. The summed E-state index contributed by atoms with van der Waals surface area (Å²) < 4.78 is 26.8. The highest BCUT2D eigenvalue weighted by molar-refractivity contribution is 7.89. The Morgan fingerprint density at radius 1 is 1.00 bits per heavy atom. The van der Waals surface area contributed by atoms with E-state index >= 15 is 0 Å². The maximum Gasteiger partial charge on any atom is 0.248 e. The van der Waals surface area contributed by atoms with Crippen molar-refractivity contribution < 1.29 is 13.2 Å². The highest BCUT2D eigenvalue weighted by Gasteiger charge is 2.29. The number of carbonyl (C=O) groups excluding carboxylic acids is 1. The number of nitrogens with two attached hydrogens (primary N) is 1. The first-order valence-corrected chi connectivity index (χ1v) is 9.85. The number of carbonyl (C=O) groups is 1. The molecular weight excluding hydrogens is 336 g/mol. The molecule has 2 aromatic carbocycles. The zero-order valence-corrected chi connectivity index (χ0v) is 14.8. The van der Waals surface area contributed by atoms with Crippen LogP contribution in [0.25, 0.3) is 0 Å². The summed E-state index contributed by atoms with van der Waals surface area (Å²) in [6.45, 7) is 1.09. The molecule has 0 unspecified atom stereocenters. The Kier molecular flexibility index (Phi) is 5.20. The molecule has 0 aliphatic carbocycles. The first kappa shape index (κ1) is 17.6. The van der Waals surface area contributed by atoms with Crippen LogP contribution in [0.3, 0.4) is 0 Å². The van der Waals surface area contributed by atoms with Gasteiger partial charge in [-0.2, -0.15) is 4.31 Å². The highest BCUT2D eigenvalue weighted by atomic mass is 32.2. The second-order valence-electron chi connectivity index (χ2n) is 6.43. The van der Waals surface area contributed by atoms with Gasteiger partial charge in [-0.05, 0) is 55.0 Å². The second kappa shape index (κ2) is 7.37. The topological polar surface area (TPSA) is 80.5 Å². The number of nitrogens with zero attached hydrogens (tertiary/aromatic N) is 1. The average Bonchev–Trinajstić information content (AvgIpc) is 2.63. The Labute approximate surface area is 148 Å². The summed E-state index contributed by atoms with van der Waals surface area (Å²) in [5.74, 6) is 0.0210. The summed E-state index contributed by atoms with van der Waals surface area (Å²) in [6.07, 6.45) is 2.56. The molecule has 3 rings (SSSR count). The molecular formula is C19H22N2O3S. The minimum atomic E-state index is -3.39. The van der Waals surface area contributed by atoms with Gasteiger partial charge in [0.2, 0.25) is 15.9 Å². The number of hydrogen-bond acceptors (Lipinski definition) is 3. The summed E-state index contributed by atoms with van der Waals surface area (Å²) in [7, 11) is -3.39. The molecule has 1 aliphatic heterocycles. The van der Waals surface area contributed by atoms with Gasteiger partial charge in [-0.25, -0.2) is 8.42 Å². The average molecular weight is 358 g/mol. The molecule has 1 saturated heterocycles. The molecule has 5 nitrogen and oxygen atoms in total. The molecule has 25 heavy (non-hydrogen) atoms. The molecule has 1 amide bonds. The van der Waals surface area contributed by atoms with Crippen molar-refractivity contribution in [1.29, 1.82) is 0 Å². The van der Waals surface area contributed by atoms with Crippen LogP contribution in [0.4, 0.5) is 0 Å². The normalized spacial score (nSPS) is 16.6. The summed E-state index contributed by atoms with van der Waals surface area (Å²) in [6, 6.07) is 15.9. The molecule has 1 fully saturated rings. The van der Waals surface area contributed by atoms with E-state index in [1.807, 2.05) is 18.2 Å². The number of sulfonamides is 1. The van der Waals surface area contributed by atoms with Gasteiger partial charge in [0.1, 0.15) is 0 Å². The third-order valence-corrected chi connectivity index (χ3v) is 6.63. The molecule has 0 bridgehead atoms. The fourth-order valence-electron chi connectivity index (χ4n) is 3.23. The van der Waals surface area contributed by atoms with E-state index in [9.17, 15) is 13.2 Å². The molecule has 1 heterocycles. The van der Waals surface area contributed by atoms with E-state index in [1.165, 1.54) is 0 Å². The van der Waals surface area contributed by atoms with Crippen molar-refractivity contribution in [3.63, 3.8) is 0 Å². The first-order valence-electron chi connectivity index (χ1n) is 8.41. The van der Waals surface area contributed by atoms with Gasteiger partial charge in [0.05, 0.1) is 4.90 Å². The summed E-state index contributed by atoms with van der Waals surface area (Å²) in [5, 5.41) is 0. The van der Waals surface area contributed by atoms with Gasteiger partial charge >= 0.3 is 0 Å². The molecule has 0 atom stereocenters. The van der Waals surface area contributed by atoms with Crippen LogP contribution in [-0.4, -0.2) is 31.7 Å². The molecule has 2 N–H and O–H groups in total. The molecule has 132 valence electrons. The molecule has 0 aromatic heterocycles. The van der Waals surface area contributed by atoms with E-state index in [4.69, 9.17) is 5.73 Å². The van der Waals surface area contributed by atoms with E-state index in [0.717, 1.165) is 24.8 Å². The molecule has 0 spiro atoms. The van der Waals surface area contributed by atoms with Gasteiger partial charge in [0, 0.05) is 18.7 Å². The number of piperidine rings is 1. The smallest absolute Gasteiger partial charge is 0.248 e. The second-order valence-corrected chi connectivity index (χ2v) is 8.36. The SMILES string of the molecule is NC(=O)c1ccc(CC2CCN(S(=O)(=O)c3ccccc3)CC2)cc1. The minimum absolute atomic E-state index is 0.357. The van der Waals surface area contributed by atoms with Gasteiger partial charge in [0.15, 0.2) is 0 Å². The minimum Gasteiger partial charge on any atom is -0.366 e. The fraction of sp³-hybridized carbons (Fsp3) is 0.316. The lowest BCUT2D eigenvalue weighted by Gasteiger charge is -2.31. The van der Waals surface area contributed by atoms with Crippen molar-refractivity contribution in [2.45, 2.75) is 24.2 Å². The lowest BCUT2D eigenvalue weighted by atomic mass is 9.91. The fourth-order valence-corrected chi connectivity index (χ4v) is 4.72. The predicted octanol–water partition coefficient (Wildman–Crippen LogP) is 2.43. The van der Waals surface area contributed by atoms with Crippen LogP contribution in [0.5, 0.6) is 0 Å². The summed E-state index contributed by atoms with van der Waals surface area (Å²) in [4.78, 5) is 11.5. The number of benzene rings is 2. The van der Waals surface area contributed by atoms with E-state index in [-0.39, 0.29) is 0 Å². The molecule has 6 heteroatoms. The Morgan fingerprint density at radius 3 is 2.16 bits per heavy atom. The standard InChI is InChI=1S/C19H22N2O3S/c20-19(22)17-8-6-15(7-9-17)14-16-10-12-21(13-11-16)25(23,24)18-4-2-1-3-5-18/h1-9,16H,10-14H2,(H2,20,22). The Bertz CT molecular complexity index is 825. The van der Waals surface area contributed by atoms with Gasteiger partial charge in [0.25, 0.3) is 0 Å². The Morgan fingerprint density at radius 2 is 1.60 bits per heavy atom. The Balaban J connectivity index is 1.59. The van der Waals surface area contributed by atoms with E-state index in [2.05, 4.69) is 0 Å². The lowest BCUT2D eigenvalue weighted by Crippen LogP contribution is -2.38. The number of hydrogen-bond donors (Lipinski definition) is 1. The van der Waals surface area contributed by atoms with Crippen LogP contribution in [0, 0.1) is 5.92 Å². The zero-order chi connectivity index (χ0) is 17.9. The van der Waals surface area contributed by atoms with Crippen LogP contribution < -0.4 is 5.73 Å². The van der Waals surface area contributed by atoms with Crippen molar-refractivity contribution in [2.75, 3.05) is 13.1 Å². The van der Waals surface area contributed by atoms with Crippen LogP contribution >= 0.6 is 0 Å². The van der Waals surface area contributed by atoms with Crippen molar-refractivity contribution in [2.24, 2.45) is 11.7 Å². The first-order chi connectivity index (χ1) is 12.0. The van der Waals surface area contributed by atoms with Gasteiger partial charge in [-0.1, -0.05) is 30.3 Å². The number of rotatable bonds is 5. The monoisotopic (exact) mass is 358 g/mol. The van der Waals surface area contributed by atoms with Crippen LogP contribution in [-0.2, 0) is 16.4 Å². The number of primary amides is 1. The third kappa shape index (κ3) is 4.08. The van der Waals surface area contributed by atoms with E-state index < -0.39 is 15.9 Å². The van der Waals surface area contributed by atoms with Crippen molar-refractivity contribution in [3.05, 3.63) is 65.7 Å². The van der Waals surface area contributed by atoms with Gasteiger partial charge < -0.3 is 5.73 Å². The van der Waals surface area contributed by atoms with Crippen LogP contribution in [0.15, 0.2) is 59.5 Å². The lowest BCUT2D eigenvalue weighted by molar-refractivity contribution is 0.100. The van der Waals surface area contributed by atoms with Crippen molar-refractivity contribution >= 4 is 15.9 Å². The van der Waals surface area contributed by atoms with Crippen LogP contribution in [0.1, 0.15) is 28.8 Å². The van der Waals surface area contributed by atoms with Crippen LogP contribution in [0.2, 0.25) is 0 Å². The summed E-state index contributed by atoms with van der Waals surface area (Å²) in [5.41, 5.74) is 6.91. The molecule has 0 radical (unpaired) electrons. The molecule has 0 saturated carbocycles.